The summed E-state index contributed by atoms with van der Waals surface area (Å²) in [4.78, 5) is 1.67. The molecule has 0 aliphatic heterocycles. The van der Waals surface area contributed by atoms with Crippen molar-refractivity contribution in [3.8, 4) is 6.19 Å². The molecule has 0 radical (unpaired) electrons. The third-order valence-corrected chi connectivity index (χ3v) is 5.71. The maximum atomic E-state index is 9.72. The second-order valence-corrected chi connectivity index (χ2v) is 6.99. The van der Waals surface area contributed by atoms with Gasteiger partial charge in [-0.1, -0.05) is 48.5 Å². The Balaban J connectivity index is 1.57. The fourth-order valence-corrected chi connectivity index (χ4v) is 4.52. The lowest BCUT2D eigenvalue weighted by atomic mass is 9.87. The minimum Gasteiger partial charge on any atom is -0.287 e. The summed E-state index contributed by atoms with van der Waals surface area (Å²) in [5.74, 6) is 1.36. The molecule has 3 atom stereocenters. The third kappa shape index (κ3) is 2.30. The Morgan fingerprint density at radius 2 is 1.83 bits per heavy atom. The van der Waals surface area contributed by atoms with E-state index in [0.717, 1.165) is 18.4 Å². The number of rotatable bonds is 3. The summed E-state index contributed by atoms with van der Waals surface area (Å²) in [5.41, 5.74) is 5.16. The Kier molecular flexibility index (Phi) is 3.61. The Morgan fingerprint density at radius 1 is 1.12 bits per heavy atom. The van der Waals surface area contributed by atoms with Crippen LogP contribution in [-0.2, 0) is 6.42 Å². The van der Waals surface area contributed by atoms with E-state index >= 15 is 0 Å². The maximum absolute atomic E-state index is 9.72. The summed E-state index contributed by atoms with van der Waals surface area (Å²) >= 11 is 0. The normalized spacial score (nSPS) is 23.6. The largest absolute Gasteiger partial charge is 0.287 e. The lowest BCUT2D eigenvalue weighted by molar-refractivity contribution is 0.368. The van der Waals surface area contributed by atoms with Crippen LogP contribution in [0.15, 0.2) is 48.5 Å². The van der Waals surface area contributed by atoms with Crippen LogP contribution in [0.2, 0.25) is 0 Å². The molecule has 0 unspecified atom stereocenters. The third-order valence-electron chi connectivity index (χ3n) is 5.71. The highest BCUT2D eigenvalue weighted by molar-refractivity contribution is 5.83. The van der Waals surface area contributed by atoms with Crippen LogP contribution in [0.3, 0.4) is 0 Å². The molecule has 1 fully saturated rings. The molecule has 120 valence electrons. The number of nitriles is 1. The number of amidine groups is 1. The number of hydrogen-bond donors (Lipinski definition) is 1. The fourth-order valence-electron chi connectivity index (χ4n) is 4.52. The molecule has 2 aliphatic rings. The van der Waals surface area contributed by atoms with Crippen molar-refractivity contribution in [3.63, 3.8) is 0 Å². The minimum atomic E-state index is 0.145. The van der Waals surface area contributed by atoms with Gasteiger partial charge in [0.1, 0.15) is 5.84 Å². The van der Waals surface area contributed by atoms with Gasteiger partial charge in [-0.05, 0) is 47.9 Å². The van der Waals surface area contributed by atoms with Gasteiger partial charge in [-0.25, -0.2) is 0 Å². The molecule has 1 N–H and O–H groups in total. The Morgan fingerprint density at radius 3 is 2.58 bits per heavy atom. The van der Waals surface area contributed by atoms with E-state index in [4.69, 9.17) is 5.41 Å². The maximum Gasteiger partial charge on any atom is 0.185 e. The molecule has 0 saturated heterocycles. The second kappa shape index (κ2) is 5.79. The van der Waals surface area contributed by atoms with Gasteiger partial charge < -0.3 is 0 Å². The second-order valence-electron chi connectivity index (χ2n) is 6.99. The van der Waals surface area contributed by atoms with Crippen LogP contribution in [0.4, 0.5) is 0 Å². The number of benzene rings is 2. The number of hydrogen-bond acceptors (Lipinski definition) is 2. The summed E-state index contributed by atoms with van der Waals surface area (Å²) in [6.45, 7) is 2.06. The number of fused-ring (bicyclic) bond motifs is 5. The molecule has 0 aromatic heterocycles. The van der Waals surface area contributed by atoms with E-state index in [2.05, 4.69) is 49.5 Å². The zero-order valence-corrected chi connectivity index (χ0v) is 13.9. The van der Waals surface area contributed by atoms with E-state index < -0.39 is 0 Å². The lowest BCUT2D eigenvalue weighted by Gasteiger charge is -2.31. The van der Waals surface area contributed by atoms with Gasteiger partial charge in [0.15, 0.2) is 6.19 Å². The first kappa shape index (κ1) is 15.0. The average Bonchev–Trinajstić information content (AvgIpc) is 3.17. The van der Waals surface area contributed by atoms with Crippen molar-refractivity contribution in [2.24, 2.45) is 0 Å². The molecular weight excluding hydrogens is 294 g/mol. The van der Waals surface area contributed by atoms with Crippen LogP contribution in [0.5, 0.6) is 0 Å². The van der Waals surface area contributed by atoms with Crippen molar-refractivity contribution < 1.29 is 0 Å². The highest BCUT2D eigenvalue weighted by atomic mass is 15.2. The van der Waals surface area contributed by atoms with Crippen LogP contribution in [-0.4, -0.2) is 16.8 Å². The van der Waals surface area contributed by atoms with Gasteiger partial charge in [0.2, 0.25) is 0 Å². The van der Waals surface area contributed by atoms with Crippen molar-refractivity contribution in [2.45, 2.75) is 44.1 Å². The predicted octanol–water partition coefficient (Wildman–Crippen LogP) is 4.34. The van der Waals surface area contributed by atoms with Crippen molar-refractivity contribution in [1.29, 1.82) is 10.7 Å². The minimum absolute atomic E-state index is 0.145. The molecule has 0 amide bonds. The predicted molar refractivity (Wildman–Crippen MR) is 95.0 cm³/mol. The monoisotopic (exact) mass is 315 g/mol. The van der Waals surface area contributed by atoms with Crippen molar-refractivity contribution >= 4 is 5.84 Å². The number of nitrogens with one attached hydrogen (secondary N) is 1. The smallest absolute Gasteiger partial charge is 0.185 e. The summed E-state index contributed by atoms with van der Waals surface area (Å²) in [6, 6.07) is 16.9. The Bertz CT molecular complexity index is 833. The lowest BCUT2D eigenvalue weighted by Crippen LogP contribution is -2.39. The Hall–Kier alpha value is -2.60. The van der Waals surface area contributed by atoms with Gasteiger partial charge >= 0.3 is 0 Å². The van der Waals surface area contributed by atoms with Gasteiger partial charge in [0.05, 0.1) is 6.04 Å². The van der Waals surface area contributed by atoms with Gasteiger partial charge in [-0.3, -0.25) is 10.3 Å². The molecule has 24 heavy (non-hydrogen) atoms. The van der Waals surface area contributed by atoms with E-state index in [9.17, 15) is 5.26 Å². The highest BCUT2D eigenvalue weighted by Gasteiger charge is 2.46. The molecule has 2 aliphatic carbocycles. The first-order valence-corrected chi connectivity index (χ1v) is 8.58. The SMILES string of the molecule is Cc1ccccc1CC(=N)N(C#N)[C@H]1C[C@H]2C[C@H]1c1ccccc12. The van der Waals surface area contributed by atoms with Gasteiger partial charge in [-0.2, -0.15) is 5.26 Å². The first-order valence-electron chi connectivity index (χ1n) is 8.58. The van der Waals surface area contributed by atoms with E-state index in [1.165, 1.54) is 16.7 Å². The molecule has 0 heterocycles. The standard InChI is InChI=1S/C21H21N3/c1-14-6-2-3-7-15(14)12-21(23)24(13-22)20-11-16-10-19(20)18-9-5-4-8-17(16)18/h2-9,16,19-20,23H,10-12H2,1H3/t16-,19+,20+/m1/s1. The zero-order valence-electron chi connectivity index (χ0n) is 13.9. The Labute approximate surface area is 143 Å². The molecule has 1 saturated carbocycles. The molecule has 3 nitrogen and oxygen atoms in total. The summed E-state index contributed by atoms with van der Waals surface area (Å²) in [7, 11) is 0. The van der Waals surface area contributed by atoms with E-state index in [-0.39, 0.29) is 6.04 Å². The number of aryl methyl sites for hydroxylation is 1. The summed E-state index contributed by atoms with van der Waals surface area (Å²) in [5, 5.41) is 18.2. The van der Waals surface area contributed by atoms with Gasteiger partial charge in [-0.15, -0.1) is 0 Å². The molecular formula is C21H21N3. The van der Waals surface area contributed by atoms with E-state index in [1.807, 2.05) is 12.1 Å². The summed E-state index contributed by atoms with van der Waals surface area (Å²) in [6.07, 6.45) is 4.95. The molecule has 0 spiro atoms. The van der Waals surface area contributed by atoms with Crippen LogP contribution in [0, 0.1) is 23.8 Å². The summed E-state index contributed by atoms with van der Waals surface area (Å²) < 4.78 is 0. The fraction of sp³-hybridized carbons (Fsp3) is 0.333. The van der Waals surface area contributed by atoms with Crippen LogP contribution < -0.4 is 0 Å². The molecule has 4 rings (SSSR count). The average molecular weight is 315 g/mol. The van der Waals surface area contributed by atoms with Crippen molar-refractivity contribution in [1.82, 2.24) is 4.90 Å². The van der Waals surface area contributed by atoms with E-state index in [1.54, 1.807) is 4.90 Å². The van der Waals surface area contributed by atoms with Crippen LogP contribution in [0.25, 0.3) is 0 Å². The van der Waals surface area contributed by atoms with Crippen LogP contribution >= 0.6 is 0 Å². The van der Waals surface area contributed by atoms with E-state index in [0.29, 0.717) is 24.1 Å². The van der Waals surface area contributed by atoms with Gasteiger partial charge in [0.25, 0.3) is 0 Å². The highest BCUT2D eigenvalue weighted by Crippen LogP contribution is 2.54. The molecule has 3 heteroatoms. The number of nitrogens with zero attached hydrogens (tertiary/aromatic N) is 2. The zero-order chi connectivity index (χ0) is 16.7. The molecule has 2 aromatic carbocycles. The quantitative estimate of drug-likeness (QED) is 0.396. The van der Waals surface area contributed by atoms with Crippen molar-refractivity contribution in [3.05, 3.63) is 70.8 Å². The first-order chi connectivity index (χ1) is 11.7. The van der Waals surface area contributed by atoms with Gasteiger partial charge in [0, 0.05) is 12.3 Å². The van der Waals surface area contributed by atoms with Crippen molar-refractivity contribution in [2.75, 3.05) is 0 Å². The van der Waals surface area contributed by atoms with Crippen LogP contribution in [0.1, 0.15) is 46.9 Å². The molecule has 2 bridgehead atoms. The molecule has 2 aromatic rings. The topological polar surface area (TPSA) is 50.9 Å².